The fraction of sp³-hybridized carbons (Fsp3) is 0.261. The molecule has 0 saturated carbocycles. The zero-order valence-corrected chi connectivity index (χ0v) is 17.6. The number of rotatable bonds is 7. The normalized spacial score (nSPS) is 15.1. The minimum atomic E-state index is -0.468. The van der Waals surface area contributed by atoms with Gasteiger partial charge in [-0.15, -0.1) is 0 Å². The van der Waals surface area contributed by atoms with Gasteiger partial charge in [0.1, 0.15) is 12.4 Å². The first kappa shape index (κ1) is 21.2. The summed E-state index contributed by atoms with van der Waals surface area (Å²) in [6, 6.07) is 12.5. The first-order valence-corrected chi connectivity index (χ1v) is 9.98. The van der Waals surface area contributed by atoms with Crippen LogP contribution in [0.5, 0.6) is 17.2 Å². The van der Waals surface area contributed by atoms with Gasteiger partial charge in [-0.25, -0.2) is 0 Å². The Kier molecular flexibility index (Phi) is 5.98. The van der Waals surface area contributed by atoms with Gasteiger partial charge in [-0.2, -0.15) is 0 Å². The molecule has 1 unspecified atom stereocenters. The molecule has 1 atom stereocenters. The lowest BCUT2D eigenvalue weighted by atomic mass is 9.92. The van der Waals surface area contributed by atoms with Crippen molar-refractivity contribution in [3.63, 3.8) is 0 Å². The van der Waals surface area contributed by atoms with Crippen LogP contribution < -0.4 is 14.2 Å². The molecule has 3 aromatic rings. The number of benzene rings is 2. The first-order valence-electron chi connectivity index (χ1n) is 9.98. The Labute approximate surface area is 184 Å². The van der Waals surface area contributed by atoms with Gasteiger partial charge in [-0.1, -0.05) is 0 Å². The van der Waals surface area contributed by atoms with Crippen molar-refractivity contribution in [2.75, 3.05) is 27.4 Å². The highest BCUT2D eigenvalue weighted by Gasteiger charge is 2.34. The van der Waals surface area contributed by atoms with Crippen molar-refractivity contribution in [2.24, 2.45) is 0 Å². The summed E-state index contributed by atoms with van der Waals surface area (Å²) in [6.07, 6.45) is 2.09. The topological polar surface area (TPSA) is 104 Å². The van der Waals surface area contributed by atoms with Gasteiger partial charge in [0, 0.05) is 18.7 Å². The molecule has 0 aliphatic carbocycles. The number of carbonyl (C=O) groups excluding carboxylic acids is 1. The maximum absolute atomic E-state index is 13.1. The van der Waals surface area contributed by atoms with Crippen molar-refractivity contribution >= 4 is 11.6 Å². The van der Waals surface area contributed by atoms with Crippen molar-refractivity contribution in [3.8, 4) is 17.2 Å². The van der Waals surface area contributed by atoms with E-state index in [1.165, 1.54) is 30.5 Å². The number of nitrogens with zero attached hydrogens (tertiary/aromatic N) is 2. The second kappa shape index (κ2) is 9.01. The molecule has 2 heterocycles. The summed E-state index contributed by atoms with van der Waals surface area (Å²) in [6.45, 7) is 0.614. The van der Waals surface area contributed by atoms with Crippen molar-refractivity contribution in [2.45, 2.75) is 12.5 Å². The maximum atomic E-state index is 13.1. The lowest BCUT2D eigenvalue weighted by Crippen LogP contribution is -2.42. The van der Waals surface area contributed by atoms with Crippen molar-refractivity contribution in [1.29, 1.82) is 0 Å². The number of amides is 1. The highest BCUT2D eigenvalue weighted by Crippen LogP contribution is 2.39. The lowest BCUT2D eigenvalue weighted by Gasteiger charge is -2.37. The molecule has 0 spiro atoms. The average Bonchev–Trinajstić information content (AvgIpc) is 3.36. The molecular weight excluding hydrogens is 416 g/mol. The minimum Gasteiger partial charge on any atom is -0.493 e. The molecule has 2 aromatic carbocycles. The summed E-state index contributed by atoms with van der Waals surface area (Å²) in [5.41, 5.74) is 1.89. The quantitative estimate of drug-likeness (QED) is 0.405. The summed E-state index contributed by atoms with van der Waals surface area (Å²) < 4.78 is 22.2. The SMILES string of the molecule is COc1cc2c(cc1OC)C(COc1ccc([N+](=O)[O-])cc1)N(C(=O)c1ccco1)CC2. The van der Waals surface area contributed by atoms with Crippen LogP contribution in [0, 0.1) is 10.1 Å². The van der Waals surface area contributed by atoms with Crippen LogP contribution in [0.25, 0.3) is 0 Å². The number of methoxy groups -OCH3 is 2. The highest BCUT2D eigenvalue weighted by molar-refractivity contribution is 5.92. The predicted molar refractivity (Wildman–Crippen MR) is 114 cm³/mol. The molecule has 0 bridgehead atoms. The first-order chi connectivity index (χ1) is 15.5. The summed E-state index contributed by atoms with van der Waals surface area (Å²) in [7, 11) is 3.14. The standard InChI is InChI=1S/C23H22N2O7/c1-29-21-12-15-9-10-24(23(26)20-4-3-11-31-20)19(18(15)13-22(21)30-2)14-32-17-7-5-16(6-8-17)25(27)28/h3-8,11-13,19H,9-10,14H2,1-2H3. The van der Waals surface area contributed by atoms with Crippen LogP contribution in [0.3, 0.4) is 0 Å². The zero-order valence-electron chi connectivity index (χ0n) is 17.6. The van der Waals surface area contributed by atoms with Gasteiger partial charge < -0.3 is 23.5 Å². The van der Waals surface area contributed by atoms with Gasteiger partial charge in [0.25, 0.3) is 11.6 Å². The van der Waals surface area contributed by atoms with Crippen LogP contribution in [-0.2, 0) is 6.42 Å². The van der Waals surface area contributed by atoms with E-state index in [9.17, 15) is 14.9 Å². The molecular formula is C23H22N2O7. The summed E-state index contributed by atoms with van der Waals surface area (Å²) in [4.78, 5) is 25.3. The van der Waals surface area contributed by atoms with Crippen LogP contribution in [-0.4, -0.2) is 43.1 Å². The van der Waals surface area contributed by atoms with Crippen molar-refractivity contribution < 1.29 is 28.3 Å². The van der Waals surface area contributed by atoms with E-state index in [4.69, 9.17) is 18.6 Å². The number of hydrogen-bond acceptors (Lipinski definition) is 7. The van der Waals surface area contributed by atoms with Crippen LogP contribution in [0.15, 0.2) is 59.2 Å². The molecule has 1 aromatic heterocycles. The number of fused-ring (bicyclic) bond motifs is 1. The largest absolute Gasteiger partial charge is 0.493 e. The molecule has 1 aliphatic rings. The van der Waals surface area contributed by atoms with E-state index in [-0.39, 0.29) is 24.0 Å². The van der Waals surface area contributed by atoms with Crippen LogP contribution in [0.2, 0.25) is 0 Å². The summed E-state index contributed by atoms with van der Waals surface area (Å²) >= 11 is 0. The molecule has 166 valence electrons. The number of carbonyl (C=O) groups is 1. The maximum Gasteiger partial charge on any atom is 0.290 e. The van der Waals surface area contributed by atoms with Gasteiger partial charge >= 0.3 is 0 Å². The number of nitro benzene ring substituents is 1. The molecule has 1 amide bonds. The van der Waals surface area contributed by atoms with E-state index in [0.717, 1.165) is 11.1 Å². The molecule has 9 heteroatoms. The Hall–Kier alpha value is -4.01. The van der Waals surface area contributed by atoms with Gasteiger partial charge in [0.2, 0.25) is 0 Å². The van der Waals surface area contributed by atoms with E-state index in [1.54, 1.807) is 31.3 Å². The Morgan fingerprint density at radius 1 is 1.16 bits per heavy atom. The van der Waals surface area contributed by atoms with Gasteiger partial charge in [-0.05, 0) is 53.9 Å². The minimum absolute atomic E-state index is 0.0215. The molecule has 0 fully saturated rings. The van der Waals surface area contributed by atoms with Crippen LogP contribution in [0.1, 0.15) is 27.7 Å². The number of hydrogen-bond donors (Lipinski definition) is 0. The Bertz CT molecular complexity index is 1110. The molecule has 32 heavy (non-hydrogen) atoms. The Morgan fingerprint density at radius 2 is 1.88 bits per heavy atom. The van der Waals surface area contributed by atoms with Gasteiger partial charge in [0.15, 0.2) is 17.3 Å². The average molecular weight is 438 g/mol. The van der Waals surface area contributed by atoms with Crippen LogP contribution in [0.4, 0.5) is 5.69 Å². The zero-order chi connectivity index (χ0) is 22.7. The summed E-state index contributed by atoms with van der Waals surface area (Å²) in [5.74, 6) is 1.64. The van der Waals surface area contributed by atoms with E-state index in [1.807, 2.05) is 12.1 Å². The van der Waals surface area contributed by atoms with E-state index in [2.05, 4.69) is 0 Å². The molecule has 0 saturated heterocycles. The third-order valence-electron chi connectivity index (χ3n) is 5.45. The fourth-order valence-corrected chi connectivity index (χ4v) is 3.83. The number of ether oxygens (including phenoxy) is 3. The summed E-state index contributed by atoms with van der Waals surface area (Å²) in [5, 5.41) is 10.9. The second-order valence-corrected chi connectivity index (χ2v) is 7.21. The predicted octanol–water partition coefficient (Wildman–Crippen LogP) is 4.02. The Morgan fingerprint density at radius 3 is 2.50 bits per heavy atom. The number of furan rings is 1. The Balaban J connectivity index is 1.66. The fourth-order valence-electron chi connectivity index (χ4n) is 3.83. The van der Waals surface area contributed by atoms with E-state index < -0.39 is 11.0 Å². The monoisotopic (exact) mass is 438 g/mol. The van der Waals surface area contributed by atoms with E-state index >= 15 is 0 Å². The van der Waals surface area contributed by atoms with Crippen molar-refractivity contribution in [1.82, 2.24) is 4.90 Å². The third kappa shape index (κ3) is 4.09. The molecule has 1 aliphatic heterocycles. The molecule has 0 N–H and O–H groups in total. The number of nitro groups is 1. The van der Waals surface area contributed by atoms with Gasteiger partial charge in [0.05, 0.1) is 31.4 Å². The number of non-ortho nitro benzene ring substituents is 1. The molecule has 9 nitrogen and oxygen atoms in total. The third-order valence-corrected chi connectivity index (χ3v) is 5.45. The second-order valence-electron chi connectivity index (χ2n) is 7.21. The van der Waals surface area contributed by atoms with E-state index in [0.29, 0.717) is 30.2 Å². The van der Waals surface area contributed by atoms with Crippen molar-refractivity contribution in [3.05, 3.63) is 81.8 Å². The lowest BCUT2D eigenvalue weighted by molar-refractivity contribution is -0.384. The highest BCUT2D eigenvalue weighted by atomic mass is 16.6. The molecule has 0 radical (unpaired) electrons. The molecule has 4 rings (SSSR count). The smallest absolute Gasteiger partial charge is 0.290 e. The van der Waals surface area contributed by atoms with Gasteiger partial charge in [-0.3, -0.25) is 14.9 Å². The van der Waals surface area contributed by atoms with Crippen LogP contribution >= 0.6 is 0 Å².